The Labute approximate surface area is 179 Å². The Kier molecular flexibility index (Phi) is 6.68. The van der Waals surface area contributed by atoms with Crippen molar-refractivity contribution in [1.29, 1.82) is 0 Å². The number of piperidine rings is 1. The molecule has 4 rings (SSSR count). The lowest BCUT2D eigenvalue weighted by Gasteiger charge is -2.36. The summed E-state index contributed by atoms with van der Waals surface area (Å²) in [4.78, 5) is 30.1. The van der Waals surface area contributed by atoms with Crippen LogP contribution in [0.1, 0.15) is 45.4 Å². The van der Waals surface area contributed by atoms with Crippen molar-refractivity contribution in [3.8, 4) is 0 Å². The number of benzene rings is 2. The van der Waals surface area contributed by atoms with E-state index in [0.717, 1.165) is 68.3 Å². The first kappa shape index (κ1) is 20.9. The van der Waals surface area contributed by atoms with Crippen molar-refractivity contribution < 1.29 is 9.59 Å². The molecule has 160 valence electrons. The van der Waals surface area contributed by atoms with Gasteiger partial charge in [-0.2, -0.15) is 0 Å². The van der Waals surface area contributed by atoms with E-state index in [4.69, 9.17) is 0 Å². The minimum Gasteiger partial charge on any atom is -0.342 e. The van der Waals surface area contributed by atoms with Gasteiger partial charge >= 0.3 is 0 Å². The topological polar surface area (TPSA) is 52.7 Å². The zero-order chi connectivity index (χ0) is 20.9. The molecule has 0 radical (unpaired) electrons. The minimum atomic E-state index is -0.210. The molecule has 5 heteroatoms. The summed E-state index contributed by atoms with van der Waals surface area (Å²) in [6, 6.07) is 13.9. The lowest BCUT2D eigenvalue weighted by molar-refractivity contribution is -0.137. The fraction of sp³-hybridized carbons (Fsp3) is 0.520. The lowest BCUT2D eigenvalue weighted by Crippen LogP contribution is -2.48. The summed E-state index contributed by atoms with van der Waals surface area (Å²) in [7, 11) is 0. The van der Waals surface area contributed by atoms with Crippen LogP contribution in [0, 0.1) is 5.92 Å². The highest BCUT2D eigenvalue weighted by Gasteiger charge is 2.32. The highest BCUT2D eigenvalue weighted by atomic mass is 16.2. The Balaban J connectivity index is 1.33. The van der Waals surface area contributed by atoms with Crippen molar-refractivity contribution in [1.82, 2.24) is 9.80 Å². The molecule has 2 heterocycles. The van der Waals surface area contributed by atoms with Crippen LogP contribution in [0.15, 0.2) is 42.5 Å². The zero-order valence-corrected chi connectivity index (χ0v) is 18.0. The fourth-order valence-electron chi connectivity index (χ4n) is 4.82. The number of nitrogens with one attached hydrogen (secondary N) is 1. The molecule has 2 aliphatic heterocycles. The number of nitrogens with zero attached hydrogens (tertiary/aromatic N) is 2. The van der Waals surface area contributed by atoms with Crippen molar-refractivity contribution >= 4 is 28.3 Å². The molecule has 0 aromatic heterocycles. The molecule has 0 unspecified atom stereocenters. The van der Waals surface area contributed by atoms with Crippen LogP contribution < -0.4 is 5.32 Å². The van der Waals surface area contributed by atoms with E-state index in [1.807, 2.05) is 37.3 Å². The van der Waals surface area contributed by atoms with E-state index in [1.165, 1.54) is 12.8 Å². The van der Waals surface area contributed by atoms with Crippen LogP contribution in [0.4, 0.5) is 5.69 Å². The van der Waals surface area contributed by atoms with Gasteiger partial charge in [-0.25, -0.2) is 0 Å². The number of carbonyl (C=O) groups is 2. The molecule has 2 fully saturated rings. The first-order chi connectivity index (χ1) is 14.6. The predicted molar refractivity (Wildman–Crippen MR) is 121 cm³/mol. The van der Waals surface area contributed by atoms with E-state index in [2.05, 4.69) is 27.2 Å². The molecule has 2 aromatic carbocycles. The van der Waals surface area contributed by atoms with E-state index in [9.17, 15) is 9.59 Å². The first-order valence-corrected chi connectivity index (χ1v) is 11.4. The average Bonchev–Trinajstić information content (AvgIpc) is 3.08. The van der Waals surface area contributed by atoms with Gasteiger partial charge in [0.1, 0.15) is 0 Å². The number of carbonyl (C=O) groups excluding carboxylic acids is 2. The maximum atomic E-state index is 12.9. The van der Waals surface area contributed by atoms with Crippen LogP contribution >= 0.6 is 0 Å². The third-order valence-corrected chi connectivity index (χ3v) is 6.77. The molecule has 0 bridgehead atoms. The van der Waals surface area contributed by atoms with Gasteiger partial charge in [-0.05, 0) is 57.1 Å². The Morgan fingerprint density at radius 2 is 1.57 bits per heavy atom. The van der Waals surface area contributed by atoms with Gasteiger partial charge in [0, 0.05) is 30.1 Å². The lowest BCUT2D eigenvalue weighted by atomic mass is 9.94. The number of fused-ring (bicyclic) bond motifs is 1. The first-order valence-electron chi connectivity index (χ1n) is 11.4. The maximum absolute atomic E-state index is 12.9. The number of rotatable bonds is 4. The normalized spacial score (nSPS) is 20.0. The van der Waals surface area contributed by atoms with Crippen molar-refractivity contribution in [2.45, 2.75) is 51.5 Å². The van der Waals surface area contributed by atoms with Gasteiger partial charge in [-0.1, -0.05) is 49.2 Å². The summed E-state index contributed by atoms with van der Waals surface area (Å²) in [6.07, 6.45) is 6.45. The molecule has 2 aliphatic rings. The summed E-state index contributed by atoms with van der Waals surface area (Å²) in [5.41, 5.74) is 0.858. The Morgan fingerprint density at radius 1 is 0.900 bits per heavy atom. The van der Waals surface area contributed by atoms with Gasteiger partial charge in [-0.15, -0.1) is 0 Å². The molecule has 2 saturated heterocycles. The minimum absolute atomic E-state index is 0.0173. The van der Waals surface area contributed by atoms with Crippen molar-refractivity contribution in [2.75, 3.05) is 31.5 Å². The van der Waals surface area contributed by atoms with Crippen LogP contribution in [-0.4, -0.2) is 53.8 Å². The number of hydrogen-bond acceptors (Lipinski definition) is 3. The summed E-state index contributed by atoms with van der Waals surface area (Å²) in [5, 5.41) is 5.30. The van der Waals surface area contributed by atoms with Crippen LogP contribution in [0.2, 0.25) is 0 Å². The average molecular weight is 408 g/mol. The number of likely N-dealkylation sites (tertiary alicyclic amines) is 2. The molecule has 0 saturated carbocycles. The van der Waals surface area contributed by atoms with E-state index >= 15 is 0 Å². The molecule has 0 spiro atoms. The molecule has 5 nitrogen and oxygen atoms in total. The third kappa shape index (κ3) is 4.67. The van der Waals surface area contributed by atoms with Crippen molar-refractivity contribution in [3.63, 3.8) is 0 Å². The largest absolute Gasteiger partial charge is 0.342 e. The Morgan fingerprint density at radius 3 is 2.30 bits per heavy atom. The summed E-state index contributed by atoms with van der Waals surface area (Å²) < 4.78 is 0. The van der Waals surface area contributed by atoms with E-state index in [0.29, 0.717) is 5.91 Å². The zero-order valence-electron chi connectivity index (χ0n) is 18.0. The van der Waals surface area contributed by atoms with Crippen LogP contribution in [0.25, 0.3) is 10.8 Å². The predicted octanol–water partition coefficient (Wildman–Crippen LogP) is 4.28. The summed E-state index contributed by atoms with van der Waals surface area (Å²) >= 11 is 0. The molecular formula is C25H33N3O2. The van der Waals surface area contributed by atoms with E-state index in [1.54, 1.807) is 0 Å². The second-order valence-electron chi connectivity index (χ2n) is 8.74. The molecule has 2 aromatic rings. The van der Waals surface area contributed by atoms with Crippen molar-refractivity contribution in [3.05, 3.63) is 42.5 Å². The van der Waals surface area contributed by atoms with E-state index < -0.39 is 0 Å². The third-order valence-electron chi connectivity index (χ3n) is 6.77. The summed E-state index contributed by atoms with van der Waals surface area (Å²) in [6.45, 7) is 5.41. The molecule has 0 aliphatic carbocycles. The van der Waals surface area contributed by atoms with Crippen LogP contribution in [-0.2, 0) is 9.59 Å². The van der Waals surface area contributed by atoms with Gasteiger partial charge in [0.05, 0.1) is 6.04 Å². The van der Waals surface area contributed by atoms with Gasteiger partial charge in [-0.3, -0.25) is 14.5 Å². The highest BCUT2D eigenvalue weighted by Crippen LogP contribution is 2.25. The van der Waals surface area contributed by atoms with Gasteiger partial charge < -0.3 is 10.2 Å². The molecule has 30 heavy (non-hydrogen) atoms. The van der Waals surface area contributed by atoms with Gasteiger partial charge in [0.15, 0.2) is 0 Å². The molecule has 1 N–H and O–H groups in total. The van der Waals surface area contributed by atoms with Crippen LogP contribution in [0.3, 0.4) is 0 Å². The van der Waals surface area contributed by atoms with E-state index in [-0.39, 0.29) is 17.9 Å². The number of amides is 2. The standard InChI is InChI=1S/C25H33N3O2/c1-19(24(29)26-23-12-8-10-20-9-4-5-11-22(20)23)27-17-13-21(14-18-27)25(30)28-15-6-2-3-7-16-28/h4-5,8-12,19,21H,2-3,6-7,13-18H2,1H3,(H,26,29)/t19-/m1/s1. The number of hydrogen-bond donors (Lipinski definition) is 1. The Hall–Kier alpha value is -2.40. The molecule has 1 atom stereocenters. The van der Waals surface area contributed by atoms with Crippen molar-refractivity contribution in [2.24, 2.45) is 5.92 Å². The second-order valence-corrected chi connectivity index (χ2v) is 8.74. The van der Waals surface area contributed by atoms with Gasteiger partial charge in [0.25, 0.3) is 0 Å². The monoisotopic (exact) mass is 407 g/mol. The maximum Gasteiger partial charge on any atom is 0.241 e. The summed E-state index contributed by atoms with van der Waals surface area (Å²) in [5.74, 6) is 0.473. The quantitative estimate of drug-likeness (QED) is 0.823. The van der Waals surface area contributed by atoms with Crippen LogP contribution in [0.5, 0.6) is 0 Å². The second kappa shape index (κ2) is 9.61. The Bertz CT molecular complexity index is 876. The SMILES string of the molecule is C[C@H](C(=O)Nc1cccc2ccccc12)N1CCC(C(=O)N2CCCCCC2)CC1. The highest BCUT2D eigenvalue weighted by molar-refractivity contribution is 6.03. The number of anilines is 1. The molecular weight excluding hydrogens is 374 g/mol. The smallest absolute Gasteiger partial charge is 0.241 e. The molecule has 2 amide bonds. The van der Waals surface area contributed by atoms with Gasteiger partial charge in [0.2, 0.25) is 11.8 Å². The fourth-order valence-corrected chi connectivity index (χ4v) is 4.82.